The first kappa shape index (κ1) is 27.5. The molecule has 3 heterocycles. The Bertz CT molecular complexity index is 1550. The minimum atomic E-state index is -4.87. The van der Waals surface area contributed by atoms with E-state index in [0.29, 0.717) is 48.0 Å². The lowest BCUT2D eigenvalue weighted by Gasteiger charge is -2.27. The van der Waals surface area contributed by atoms with Crippen LogP contribution in [0, 0.1) is 0 Å². The summed E-state index contributed by atoms with van der Waals surface area (Å²) in [5.74, 6) is 0.437. The molecule has 1 N–H and O–H groups in total. The number of halogens is 4. The normalized spacial score (nSPS) is 13.9. The van der Waals surface area contributed by atoms with Gasteiger partial charge in [0.1, 0.15) is 16.7 Å². The molecule has 0 bridgehead atoms. The van der Waals surface area contributed by atoms with Gasteiger partial charge in [0, 0.05) is 49.9 Å². The van der Waals surface area contributed by atoms with Gasteiger partial charge in [-0.05, 0) is 53.1 Å². The molecule has 40 heavy (non-hydrogen) atoms. The monoisotopic (exact) mass is 570 g/mol. The minimum Gasteiger partial charge on any atom is -0.497 e. The molecular weight excluding hydrogens is 545 g/mol. The van der Waals surface area contributed by atoms with Crippen molar-refractivity contribution < 1.29 is 27.4 Å². The Morgan fingerprint density at radius 3 is 2.70 bits per heavy atom. The first-order valence-electron chi connectivity index (χ1n) is 12.5. The van der Waals surface area contributed by atoms with Crippen LogP contribution in [0.1, 0.15) is 22.4 Å². The van der Waals surface area contributed by atoms with Crippen molar-refractivity contribution in [3.8, 4) is 11.5 Å². The first-order chi connectivity index (χ1) is 19.2. The maximum absolute atomic E-state index is 13.4. The van der Waals surface area contributed by atoms with Gasteiger partial charge in [0.2, 0.25) is 0 Å². The SMILES string of the molecule is COc1ccc(C=CCN2CCc3c(c4c(OC(F)(F)F)cccc4n3C(=O)NCc3ccnc(Cl)c3)C2)cc1. The van der Waals surface area contributed by atoms with Crippen LogP contribution >= 0.6 is 11.6 Å². The van der Waals surface area contributed by atoms with Gasteiger partial charge in [0.15, 0.2) is 0 Å². The van der Waals surface area contributed by atoms with Gasteiger partial charge >= 0.3 is 12.4 Å². The summed E-state index contributed by atoms with van der Waals surface area (Å²) >= 11 is 5.95. The second-order valence-electron chi connectivity index (χ2n) is 9.26. The summed E-state index contributed by atoms with van der Waals surface area (Å²) in [5, 5.41) is 3.43. The largest absolute Gasteiger partial charge is 0.573 e. The molecule has 0 unspecified atom stereocenters. The highest BCUT2D eigenvalue weighted by Gasteiger charge is 2.34. The number of rotatable bonds is 7. The number of nitrogens with zero attached hydrogens (tertiary/aromatic N) is 3. The number of fused-ring (bicyclic) bond motifs is 3. The molecule has 1 amide bonds. The average Bonchev–Trinajstić information content (AvgIpc) is 3.26. The number of methoxy groups -OCH3 is 1. The Morgan fingerprint density at radius 1 is 1.18 bits per heavy atom. The Morgan fingerprint density at radius 2 is 1.98 bits per heavy atom. The highest BCUT2D eigenvalue weighted by Crippen LogP contribution is 2.39. The molecule has 2 aromatic carbocycles. The molecule has 0 aliphatic carbocycles. The zero-order chi connectivity index (χ0) is 28.3. The molecule has 4 aromatic rings. The van der Waals surface area contributed by atoms with Crippen molar-refractivity contribution in [2.24, 2.45) is 0 Å². The highest BCUT2D eigenvalue weighted by molar-refractivity contribution is 6.29. The quantitative estimate of drug-likeness (QED) is 0.260. The van der Waals surface area contributed by atoms with Crippen LogP contribution in [0.5, 0.6) is 11.5 Å². The van der Waals surface area contributed by atoms with Crippen LogP contribution in [0.2, 0.25) is 5.15 Å². The fourth-order valence-electron chi connectivity index (χ4n) is 4.89. The van der Waals surface area contributed by atoms with E-state index in [9.17, 15) is 18.0 Å². The lowest BCUT2D eigenvalue weighted by molar-refractivity contribution is -0.274. The predicted octanol–water partition coefficient (Wildman–Crippen LogP) is 6.43. The van der Waals surface area contributed by atoms with Gasteiger partial charge in [-0.25, -0.2) is 9.78 Å². The van der Waals surface area contributed by atoms with Crippen LogP contribution in [0.4, 0.5) is 18.0 Å². The van der Waals surface area contributed by atoms with Crippen molar-refractivity contribution in [2.75, 3.05) is 20.2 Å². The fourth-order valence-corrected chi connectivity index (χ4v) is 5.09. The van der Waals surface area contributed by atoms with Gasteiger partial charge < -0.3 is 14.8 Å². The third kappa shape index (κ3) is 6.24. The fraction of sp³-hybridized carbons (Fsp3) is 0.241. The van der Waals surface area contributed by atoms with Crippen molar-refractivity contribution in [1.29, 1.82) is 0 Å². The predicted molar refractivity (Wildman–Crippen MR) is 147 cm³/mol. The van der Waals surface area contributed by atoms with Crippen LogP contribution in [-0.4, -0.2) is 47.0 Å². The van der Waals surface area contributed by atoms with Crippen molar-refractivity contribution in [2.45, 2.75) is 25.9 Å². The van der Waals surface area contributed by atoms with E-state index in [1.54, 1.807) is 25.3 Å². The molecular formula is C29H26ClF3N4O3. The maximum Gasteiger partial charge on any atom is 0.573 e. The van der Waals surface area contributed by atoms with Crippen LogP contribution < -0.4 is 14.8 Å². The minimum absolute atomic E-state index is 0.177. The number of hydrogen-bond donors (Lipinski definition) is 1. The van der Waals surface area contributed by atoms with Gasteiger partial charge in [-0.3, -0.25) is 9.47 Å². The number of carbonyl (C=O) groups is 1. The lowest BCUT2D eigenvalue weighted by Crippen LogP contribution is -2.34. The molecule has 11 heteroatoms. The van der Waals surface area contributed by atoms with Gasteiger partial charge in [-0.15, -0.1) is 13.2 Å². The Balaban J connectivity index is 1.43. The van der Waals surface area contributed by atoms with E-state index in [1.165, 1.54) is 22.9 Å². The Kier molecular flexibility index (Phi) is 7.99. The zero-order valence-corrected chi connectivity index (χ0v) is 22.3. The Labute approximate surface area is 233 Å². The standard InChI is InChI=1S/C29H26ClF3N4O3/c1-39-21-9-7-19(8-10-21)4-3-14-36-15-12-23-22(18-36)27-24(5-2-6-25(27)40-29(31,32)33)37(23)28(38)35-17-20-11-13-34-26(30)16-20/h2-11,13,16H,12,14-15,17-18H2,1H3,(H,35,38). The van der Waals surface area contributed by atoms with Crippen LogP contribution in [0.3, 0.4) is 0 Å². The van der Waals surface area contributed by atoms with E-state index in [-0.39, 0.29) is 17.7 Å². The number of pyridine rings is 1. The summed E-state index contributed by atoms with van der Waals surface area (Å²) in [4.78, 5) is 19.5. The van der Waals surface area contributed by atoms with Gasteiger partial charge in [0.05, 0.1) is 12.6 Å². The average molecular weight is 571 g/mol. The van der Waals surface area contributed by atoms with E-state index in [2.05, 4.69) is 19.9 Å². The van der Waals surface area contributed by atoms with Crippen LogP contribution in [-0.2, 0) is 19.5 Å². The second kappa shape index (κ2) is 11.6. The molecule has 2 aromatic heterocycles. The Hall–Kier alpha value is -4.02. The van der Waals surface area contributed by atoms with E-state index < -0.39 is 12.4 Å². The molecule has 0 saturated carbocycles. The van der Waals surface area contributed by atoms with Gasteiger partial charge in [-0.1, -0.05) is 42.0 Å². The number of alkyl halides is 3. The summed E-state index contributed by atoms with van der Waals surface area (Å²) in [6.07, 6.45) is 1.12. The number of hydrogen-bond acceptors (Lipinski definition) is 5. The molecule has 7 nitrogen and oxygen atoms in total. The van der Waals surface area contributed by atoms with E-state index in [4.69, 9.17) is 16.3 Å². The highest BCUT2D eigenvalue weighted by atomic mass is 35.5. The second-order valence-corrected chi connectivity index (χ2v) is 9.65. The molecule has 0 saturated heterocycles. The number of amides is 1. The van der Waals surface area contributed by atoms with Crippen LogP contribution in [0.15, 0.2) is 66.9 Å². The smallest absolute Gasteiger partial charge is 0.497 e. The number of carbonyl (C=O) groups excluding carboxylic acids is 1. The summed E-state index contributed by atoms with van der Waals surface area (Å²) in [7, 11) is 1.61. The molecule has 208 valence electrons. The van der Waals surface area contributed by atoms with Crippen LogP contribution in [0.25, 0.3) is 17.0 Å². The molecule has 1 aliphatic rings. The number of nitrogens with one attached hydrogen (secondary N) is 1. The first-order valence-corrected chi connectivity index (χ1v) is 12.9. The molecule has 0 fully saturated rings. The molecule has 0 spiro atoms. The molecule has 1 aliphatic heterocycles. The third-order valence-electron chi connectivity index (χ3n) is 6.66. The van der Waals surface area contributed by atoms with Crippen molar-refractivity contribution in [3.63, 3.8) is 0 Å². The molecule has 0 atom stereocenters. The summed E-state index contributed by atoms with van der Waals surface area (Å²) in [5.41, 5.74) is 3.40. The number of aromatic nitrogens is 2. The summed E-state index contributed by atoms with van der Waals surface area (Å²) in [6.45, 7) is 1.74. The van der Waals surface area contributed by atoms with E-state index in [0.717, 1.165) is 16.9 Å². The van der Waals surface area contributed by atoms with Gasteiger partial charge in [-0.2, -0.15) is 0 Å². The number of ether oxygens (including phenoxy) is 2. The maximum atomic E-state index is 13.4. The van der Waals surface area contributed by atoms with E-state index >= 15 is 0 Å². The lowest BCUT2D eigenvalue weighted by atomic mass is 10.0. The van der Waals surface area contributed by atoms with Crippen molar-refractivity contribution in [3.05, 3.63) is 94.4 Å². The van der Waals surface area contributed by atoms with E-state index in [1.807, 2.05) is 36.4 Å². The van der Waals surface area contributed by atoms with Gasteiger partial charge in [0.25, 0.3) is 0 Å². The number of benzene rings is 2. The summed E-state index contributed by atoms with van der Waals surface area (Å²) in [6, 6.07) is 14.9. The van der Waals surface area contributed by atoms with Crippen molar-refractivity contribution >= 4 is 34.6 Å². The molecule has 0 radical (unpaired) electrons. The third-order valence-corrected chi connectivity index (χ3v) is 6.87. The molecule has 5 rings (SSSR count). The zero-order valence-electron chi connectivity index (χ0n) is 21.5. The van der Waals surface area contributed by atoms with Crippen molar-refractivity contribution in [1.82, 2.24) is 19.8 Å². The topological polar surface area (TPSA) is 68.6 Å². The summed E-state index contributed by atoms with van der Waals surface area (Å²) < 4.78 is 51.0.